The van der Waals surface area contributed by atoms with Crippen LogP contribution >= 0.6 is 0 Å². The Labute approximate surface area is 161 Å². The van der Waals surface area contributed by atoms with Crippen LogP contribution in [0.5, 0.6) is 0 Å². The molecule has 27 heavy (non-hydrogen) atoms. The van der Waals surface area contributed by atoms with Gasteiger partial charge in [-0.05, 0) is 40.2 Å². The number of fused-ring (bicyclic) bond motifs is 1. The molecule has 1 atom stereocenters. The number of esters is 1. The van der Waals surface area contributed by atoms with E-state index in [1.54, 1.807) is 4.90 Å². The van der Waals surface area contributed by atoms with Crippen LogP contribution in [0.15, 0.2) is 29.3 Å². The van der Waals surface area contributed by atoms with Crippen LogP contribution in [0.2, 0.25) is 0 Å². The van der Waals surface area contributed by atoms with E-state index in [0.717, 1.165) is 24.8 Å². The number of carbonyl (C=O) groups is 2. The second-order valence-corrected chi connectivity index (χ2v) is 7.57. The van der Waals surface area contributed by atoms with Gasteiger partial charge in [0.05, 0.1) is 12.3 Å². The molecule has 0 N–H and O–H groups in total. The largest absolute Gasteiger partial charge is 0.455 e. The van der Waals surface area contributed by atoms with Crippen molar-refractivity contribution in [2.45, 2.75) is 65.5 Å². The van der Waals surface area contributed by atoms with E-state index in [9.17, 15) is 9.59 Å². The topological polar surface area (TPSA) is 68.2 Å². The summed E-state index contributed by atoms with van der Waals surface area (Å²) in [7, 11) is 0. The molecule has 1 amide bonds. The summed E-state index contributed by atoms with van der Waals surface area (Å²) < 4.78 is 11.0. The molecule has 0 bridgehead atoms. The first-order chi connectivity index (χ1) is 12.8. The zero-order chi connectivity index (χ0) is 20.0. The maximum Gasteiger partial charge on any atom is 0.410 e. The third-order valence-corrected chi connectivity index (χ3v) is 4.20. The van der Waals surface area contributed by atoms with Gasteiger partial charge in [0.2, 0.25) is 0 Å². The molecule has 0 radical (unpaired) electrons. The first-order valence-corrected chi connectivity index (χ1v) is 9.62. The Morgan fingerprint density at radius 2 is 1.85 bits per heavy atom. The summed E-state index contributed by atoms with van der Waals surface area (Å²) in [4.78, 5) is 31.4. The summed E-state index contributed by atoms with van der Waals surface area (Å²) in [6.07, 6.45) is 2.46. The molecule has 0 aromatic heterocycles. The van der Waals surface area contributed by atoms with Gasteiger partial charge < -0.3 is 9.47 Å². The molecule has 1 aromatic carbocycles. The normalized spacial score (nSPS) is 15.7. The molecule has 148 valence electrons. The lowest BCUT2D eigenvalue weighted by molar-refractivity contribution is -0.146. The molecule has 0 saturated heterocycles. The summed E-state index contributed by atoms with van der Waals surface area (Å²) in [5, 5.41) is 0. The van der Waals surface area contributed by atoms with Crippen molar-refractivity contribution in [3.05, 3.63) is 29.8 Å². The van der Waals surface area contributed by atoms with E-state index in [1.165, 1.54) is 0 Å². The lowest BCUT2D eigenvalue weighted by Crippen LogP contribution is -2.42. The molecule has 1 aliphatic rings. The minimum absolute atomic E-state index is 0.221. The van der Waals surface area contributed by atoms with E-state index in [0.29, 0.717) is 18.8 Å². The van der Waals surface area contributed by atoms with E-state index in [2.05, 4.69) is 11.9 Å². The molecular weight excluding hydrogens is 344 g/mol. The zero-order valence-electron chi connectivity index (χ0n) is 16.9. The molecule has 6 nitrogen and oxygen atoms in total. The molecule has 0 saturated carbocycles. The van der Waals surface area contributed by atoms with Gasteiger partial charge in [0.15, 0.2) is 5.71 Å². The van der Waals surface area contributed by atoms with Crippen molar-refractivity contribution in [2.24, 2.45) is 4.99 Å². The molecule has 1 aromatic rings. The Hall–Kier alpha value is -2.37. The van der Waals surface area contributed by atoms with E-state index in [-0.39, 0.29) is 5.71 Å². The van der Waals surface area contributed by atoms with E-state index in [4.69, 9.17) is 9.47 Å². The maximum absolute atomic E-state index is 12.8. The van der Waals surface area contributed by atoms with Gasteiger partial charge in [-0.3, -0.25) is 4.90 Å². The Kier molecular flexibility index (Phi) is 6.99. The third kappa shape index (κ3) is 5.31. The van der Waals surface area contributed by atoms with Crippen molar-refractivity contribution < 1.29 is 19.1 Å². The first-order valence-electron chi connectivity index (χ1n) is 9.62. The van der Waals surface area contributed by atoms with Crippen molar-refractivity contribution in [1.82, 2.24) is 4.90 Å². The van der Waals surface area contributed by atoms with Crippen LogP contribution in [0.4, 0.5) is 10.5 Å². The van der Waals surface area contributed by atoms with Crippen LogP contribution in [0.1, 0.15) is 65.5 Å². The molecule has 6 heteroatoms. The Balaban J connectivity index is 2.26. The Morgan fingerprint density at radius 3 is 2.48 bits per heavy atom. The highest BCUT2D eigenvalue weighted by Crippen LogP contribution is 2.38. The first kappa shape index (κ1) is 20.9. The van der Waals surface area contributed by atoms with Gasteiger partial charge in [0, 0.05) is 12.1 Å². The number of unbranched alkanes of at least 4 members (excludes halogenated alkanes) is 2. The zero-order valence-corrected chi connectivity index (χ0v) is 16.9. The molecule has 1 unspecified atom stereocenters. The van der Waals surface area contributed by atoms with Crippen LogP contribution in [-0.2, 0) is 14.3 Å². The number of para-hydroxylation sites is 1. The number of nitrogens with zero attached hydrogens (tertiary/aromatic N) is 2. The fourth-order valence-electron chi connectivity index (χ4n) is 2.97. The predicted octanol–water partition coefficient (Wildman–Crippen LogP) is 4.80. The molecule has 0 fully saturated rings. The van der Waals surface area contributed by atoms with Crippen LogP contribution in [0, 0.1) is 0 Å². The average Bonchev–Trinajstić information content (AvgIpc) is 2.98. The van der Waals surface area contributed by atoms with Crippen LogP contribution in [0.3, 0.4) is 0 Å². The fourth-order valence-corrected chi connectivity index (χ4v) is 2.97. The third-order valence-electron chi connectivity index (χ3n) is 4.20. The van der Waals surface area contributed by atoms with Gasteiger partial charge in [-0.15, -0.1) is 0 Å². The number of hydrogen-bond donors (Lipinski definition) is 0. The molecule has 0 spiro atoms. The second-order valence-electron chi connectivity index (χ2n) is 7.57. The predicted molar refractivity (Wildman–Crippen MR) is 105 cm³/mol. The Morgan fingerprint density at radius 1 is 1.15 bits per heavy atom. The van der Waals surface area contributed by atoms with E-state index < -0.39 is 23.7 Å². The quantitative estimate of drug-likeness (QED) is 0.508. The minimum Gasteiger partial charge on any atom is -0.455 e. The summed E-state index contributed by atoms with van der Waals surface area (Å²) >= 11 is 0. The lowest BCUT2D eigenvalue weighted by atomic mass is 10.0. The minimum atomic E-state index is -0.642. The Bertz CT molecular complexity index is 706. The van der Waals surface area contributed by atoms with Crippen molar-refractivity contribution in [3.8, 4) is 0 Å². The van der Waals surface area contributed by atoms with E-state index in [1.807, 2.05) is 52.0 Å². The van der Waals surface area contributed by atoms with Crippen molar-refractivity contribution in [2.75, 3.05) is 13.2 Å². The molecule has 1 aliphatic heterocycles. The average molecular weight is 374 g/mol. The lowest BCUT2D eigenvalue weighted by Gasteiger charge is -2.29. The summed E-state index contributed by atoms with van der Waals surface area (Å²) in [6.45, 7) is 10.1. The standard InChI is InChI=1S/C21H30N2O4/c1-6-8-11-14-26-20(25)23(7-2)18-15-12-9-10-13-16(15)22-17(18)19(24)27-21(3,4)5/h9-10,12-13,18H,6-8,11,14H2,1-5H3. The highest BCUT2D eigenvalue weighted by atomic mass is 16.6. The van der Waals surface area contributed by atoms with Crippen LogP contribution in [-0.4, -0.2) is 41.4 Å². The molecule has 0 aliphatic carbocycles. The number of rotatable bonds is 7. The molecular formula is C21H30N2O4. The monoisotopic (exact) mass is 374 g/mol. The van der Waals surface area contributed by atoms with Gasteiger partial charge in [0.25, 0.3) is 0 Å². The van der Waals surface area contributed by atoms with Crippen LogP contribution < -0.4 is 0 Å². The smallest absolute Gasteiger partial charge is 0.410 e. The number of benzene rings is 1. The maximum atomic E-state index is 12.8. The van der Waals surface area contributed by atoms with Gasteiger partial charge in [-0.2, -0.15) is 0 Å². The van der Waals surface area contributed by atoms with Gasteiger partial charge in [0.1, 0.15) is 11.6 Å². The summed E-state index contributed by atoms with van der Waals surface area (Å²) in [5.41, 5.74) is 1.07. The van der Waals surface area contributed by atoms with Crippen LogP contribution in [0.25, 0.3) is 0 Å². The van der Waals surface area contributed by atoms with Gasteiger partial charge >= 0.3 is 12.1 Å². The van der Waals surface area contributed by atoms with Crippen molar-refractivity contribution in [3.63, 3.8) is 0 Å². The summed E-state index contributed by atoms with van der Waals surface area (Å²) in [5.74, 6) is -0.513. The number of aliphatic imine (C=N–C) groups is 1. The highest BCUT2D eigenvalue weighted by molar-refractivity contribution is 6.40. The number of amides is 1. The van der Waals surface area contributed by atoms with E-state index >= 15 is 0 Å². The number of hydrogen-bond acceptors (Lipinski definition) is 5. The number of ether oxygens (including phenoxy) is 2. The van der Waals surface area contributed by atoms with Gasteiger partial charge in [-0.1, -0.05) is 38.0 Å². The molecule has 1 heterocycles. The van der Waals surface area contributed by atoms with Crippen molar-refractivity contribution >= 4 is 23.5 Å². The number of carbonyl (C=O) groups excluding carboxylic acids is 2. The van der Waals surface area contributed by atoms with Gasteiger partial charge in [-0.25, -0.2) is 14.6 Å². The second kappa shape index (κ2) is 9.02. The fraction of sp³-hybridized carbons (Fsp3) is 0.571. The van der Waals surface area contributed by atoms with Crippen molar-refractivity contribution in [1.29, 1.82) is 0 Å². The summed E-state index contributed by atoms with van der Waals surface area (Å²) in [6, 6.07) is 6.85. The molecule has 2 rings (SSSR count). The highest BCUT2D eigenvalue weighted by Gasteiger charge is 2.40. The SMILES string of the molecule is CCCCCOC(=O)N(CC)C1C(C(=O)OC(C)(C)C)=Nc2ccccc21.